The Morgan fingerprint density at radius 1 is 1.04 bits per heavy atom. The van der Waals surface area contributed by atoms with Gasteiger partial charge in [0.05, 0.1) is 18.3 Å². The average molecular weight is 355 g/mol. The number of amides is 1. The molecule has 0 bridgehead atoms. The van der Waals surface area contributed by atoms with Gasteiger partial charge in [-0.2, -0.15) is 0 Å². The minimum Gasteiger partial charge on any atom is -0.467 e. The highest BCUT2D eigenvalue weighted by Gasteiger charge is 2.22. The molecule has 3 rings (SSSR count). The lowest BCUT2D eigenvalue weighted by molar-refractivity contribution is -0.117. The van der Waals surface area contributed by atoms with Gasteiger partial charge in [-0.25, -0.2) is 0 Å². The van der Waals surface area contributed by atoms with Gasteiger partial charge >= 0.3 is 0 Å². The van der Waals surface area contributed by atoms with Crippen molar-refractivity contribution in [1.29, 1.82) is 0 Å². The number of halogens is 1. The van der Waals surface area contributed by atoms with Crippen LogP contribution in [0.5, 0.6) is 0 Å². The standard InChI is InChI=1S/C20H19ClN2O2/c1-14(20(24)23-17-10-5-9-16(21)13-17)22-19(18-11-6-12-25-18)15-7-3-2-4-8-15/h2-14,19,22H,1H3,(H,23,24)/t14-,19-/m0/s1. The van der Waals surface area contributed by atoms with Gasteiger partial charge in [0, 0.05) is 10.7 Å². The Hall–Kier alpha value is -2.56. The van der Waals surface area contributed by atoms with Gasteiger partial charge in [-0.05, 0) is 42.8 Å². The van der Waals surface area contributed by atoms with Gasteiger partial charge < -0.3 is 9.73 Å². The second-order valence-electron chi connectivity index (χ2n) is 5.75. The second kappa shape index (κ2) is 8.01. The van der Waals surface area contributed by atoms with Crippen molar-refractivity contribution in [2.45, 2.75) is 19.0 Å². The van der Waals surface area contributed by atoms with E-state index in [0.717, 1.165) is 11.3 Å². The zero-order valence-electron chi connectivity index (χ0n) is 13.8. The predicted molar refractivity (Wildman–Crippen MR) is 99.7 cm³/mol. The summed E-state index contributed by atoms with van der Waals surface area (Å²) in [6.45, 7) is 1.82. The van der Waals surface area contributed by atoms with Crippen molar-refractivity contribution in [2.24, 2.45) is 0 Å². The van der Waals surface area contributed by atoms with Gasteiger partial charge in [-0.1, -0.05) is 48.0 Å². The number of rotatable bonds is 6. The van der Waals surface area contributed by atoms with Gasteiger partial charge in [-0.15, -0.1) is 0 Å². The zero-order chi connectivity index (χ0) is 17.6. The van der Waals surface area contributed by atoms with Crippen molar-refractivity contribution in [1.82, 2.24) is 5.32 Å². The van der Waals surface area contributed by atoms with Crippen LogP contribution in [-0.2, 0) is 4.79 Å². The van der Waals surface area contributed by atoms with Crippen LogP contribution in [0.3, 0.4) is 0 Å². The lowest BCUT2D eigenvalue weighted by atomic mass is 10.0. The number of anilines is 1. The molecule has 0 saturated carbocycles. The largest absolute Gasteiger partial charge is 0.467 e. The van der Waals surface area contributed by atoms with E-state index in [9.17, 15) is 4.79 Å². The SMILES string of the molecule is C[C@H](N[C@@H](c1ccccc1)c1ccco1)C(=O)Nc1cccc(Cl)c1. The van der Waals surface area contributed by atoms with E-state index in [0.29, 0.717) is 10.7 Å². The molecule has 0 aliphatic rings. The monoisotopic (exact) mass is 354 g/mol. The molecule has 0 fully saturated rings. The Bertz CT molecular complexity index is 819. The van der Waals surface area contributed by atoms with Crippen LogP contribution in [-0.4, -0.2) is 11.9 Å². The summed E-state index contributed by atoms with van der Waals surface area (Å²) in [5.41, 5.74) is 1.69. The van der Waals surface area contributed by atoms with Crippen molar-refractivity contribution in [2.75, 3.05) is 5.32 Å². The van der Waals surface area contributed by atoms with Gasteiger partial charge in [0.2, 0.25) is 5.91 Å². The van der Waals surface area contributed by atoms with Crippen molar-refractivity contribution in [3.63, 3.8) is 0 Å². The lowest BCUT2D eigenvalue weighted by Crippen LogP contribution is -2.40. The maximum absolute atomic E-state index is 12.5. The summed E-state index contributed by atoms with van der Waals surface area (Å²) in [5.74, 6) is 0.614. The lowest BCUT2D eigenvalue weighted by Gasteiger charge is -2.22. The van der Waals surface area contributed by atoms with Crippen LogP contribution in [0.4, 0.5) is 5.69 Å². The van der Waals surface area contributed by atoms with E-state index < -0.39 is 6.04 Å². The Balaban J connectivity index is 1.74. The summed E-state index contributed by atoms with van der Waals surface area (Å²) in [6.07, 6.45) is 1.63. The average Bonchev–Trinajstić information content (AvgIpc) is 3.14. The Kier molecular flexibility index (Phi) is 5.53. The molecule has 0 unspecified atom stereocenters. The number of nitrogens with one attached hydrogen (secondary N) is 2. The minimum atomic E-state index is -0.436. The summed E-state index contributed by atoms with van der Waals surface area (Å²) < 4.78 is 5.55. The van der Waals surface area contributed by atoms with Crippen LogP contribution in [0, 0.1) is 0 Å². The third-order valence-electron chi connectivity index (χ3n) is 3.86. The van der Waals surface area contributed by atoms with E-state index in [2.05, 4.69) is 10.6 Å². The molecule has 0 saturated heterocycles. The Morgan fingerprint density at radius 3 is 2.52 bits per heavy atom. The molecule has 0 aliphatic carbocycles. The second-order valence-corrected chi connectivity index (χ2v) is 6.18. The fraction of sp³-hybridized carbons (Fsp3) is 0.150. The van der Waals surface area contributed by atoms with Gasteiger partial charge in [0.15, 0.2) is 0 Å². The Labute approximate surface area is 151 Å². The summed E-state index contributed by atoms with van der Waals surface area (Å²) >= 11 is 5.96. The third-order valence-corrected chi connectivity index (χ3v) is 4.10. The molecule has 0 aliphatic heterocycles. The fourth-order valence-electron chi connectivity index (χ4n) is 2.59. The van der Waals surface area contributed by atoms with Crippen LogP contribution in [0.2, 0.25) is 5.02 Å². The summed E-state index contributed by atoms with van der Waals surface area (Å²) in [7, 11) is 0. The molecule has 0 spiro atoms. The number of hydrogen-bond donors (Lipinski definition) is 2. The smallest absolute Gasteiger partial charge is 0.241 e. The maximum Gasteiger partial charge on any atom is 0.241 e. The molecular weight excluding hydrogens is 336 g/mol. The number of furan rings is 1. The summed E-state index contributed by atoms with van der Waals surface area (Å²) in [6, 6.07) is 20.0. The molecule has 1 amide bonds. The molecule has 5 heteroatoms. The fourth-order valence-corrected chi connectivity index (χ4v) is 2.78. The molecule has 2 aromatic carbocycles. The van der Waals surface area contributed by atoms with Gasteiger partial charge in [0.1, 0.15) is 5.76 Å². The number of hydrogen-bond acceptors (Lipinski definition) is 3. The van der Waals surface area contributed by atoms with Gasteiger partial charge in [0.25, 0.3) is 0 Å². The first kappa shape index (κ1) is 17.3. The quantitative estimate of drug-likeness (QED) is 0.678. The molecule has 3 aromatic rings. The molecule has 4 nitrogen and oxygen atoms in total. The summed E-state index contributed by atoms with van der Waals surface area (Å²) in [4.78, 5) is 12.5. The van der Waals surface area contributed by atoms with E-state index in [-0.39, 0.29) is 11.9 Å². The first-order chi connectivity index (χ1) is 12.1. The molecule has 2 N–H and O–H groups in total. The molecule has 25 heavy (non-hydrogen) atoms. The Morgan fingerprint density at radius 2 is 1.84 bits per heavy atom. The number of carbonyl (C=O) groups is 1. The topological polar surface area (TPSA) is 54.3 Å². The van der Waals surface area contributed by atoms with Crippen LogP contribution in [0.15, 0.2) is 77.4 Å². The van der Waals surface area contributed by atoms with Crippen molar-refractivity contribution in [3.8, 4) is 0 Å². The first-order valence-corrected chi connectivity index (χ1v) is 8.42. The molecule has 1 aromatic heterocycles. The van der Waals surface area contributed by atoms with E-state index >= 15 is 0 Å². The van der Waals surface area contributed by atoms with Crippen molar-refractivity contribution >= 4 is 23.2 Å². The predicted octanol–water partition coefficient (Wildman–Crippen LogP) is 4.64. The highest BCUT2D eigenvalue weighted by molar-refractivity contribution is 6.30. The normalized spacial score (nSPS) is 13.2. The maximum atomic E-state index is 12.5. The molecule has 2 atom stereocenters. The zero-order valence-corrected chi connectivity index (χ0v) is 14.5. The molecular formula is C20H19ClN2O2. The number of carbonyl (C=O) groups excluding carboxylic acids is 1. The van der Waals surface area contributed by atoms with Crippen LogP contribution >= 0.6 is 11.6 Å². The van der Waals surface area contributed by atoms with E-state index in [4.69, 9.17) is 16.0 Å². The molecule has 0 radical (unpaired) electrons. The minimum absolute atomic E-state index is 0.144. The van der Waals surface area contributed by atoms with E-state index in [1.54, 1.807) is 30.5 Å². The first-order valence-electron chi connectivity index (χ1n) is 8.04. The van der Waals surface area contributed by atoms with Crippen LogP contribution in [0.1, 0.15) is 24.3 Å². The van der Waals surface area contributed by atoms with Crippen LogP contribution < -0.4 is 10.6 Å². The van der Waals surface area contributed by atoms with Crippen molar-refractivity contribution < 1.29 is 9.21 Å². The van der Waals surface area contributed by atoms with E-state index in [1.165, 1.54) is 0 Å². The highest BCUT2D eigenvalue weighted by Crippen LogP contribution is 2.23. The van der Waals surface area contributed by atoms with Crippen molar-refractivity contribution in [3.05, 3.63) is 89.3 Å². The summed E-state index contributed by atoms with van der Waals surface area (Å²) in [5, 5.41) is 6.78. The molecule has 128 valence electrons. The number of benzene rings is 2. The van der Waals surface area contributed by atoms with Crippen LogP contribution in [0.25, 0.3) is 0 Å². The van der Waals surface area contributed by atoms with E-state index in [1.807, 2.05) is 49.4 Å². The highest BCUT2D eigenvalue weighted by atomic mass is 35.5. The third kappa shape index (κ3) is 4.50. The van der Waals surface area contributed by atoms with Gasteiger partial charge in [-0.3, -0.25) is 10.1 Å². The molecule has 1 heterocycles.